The highest BCUT2D eigenvalue weighted by molar-refractivity contribution is 5.31. The van der Waals surface area contributed by atoms with E-state index < -0.39 is 0 Å². The summed E-state index contributed by atoms with van der Waals surface area (Å²) in [4.78, 5) is 4.13. The quantitative estimate of drug-likeness (QED) is 0.773. The van der Waals surface area contributed by atoms with Gasteiger partial charge in [-0.3, -0.25) is 0 Å². The van der Waals surface area contributed by atoms with Gasteiger partial charge in [-0.05, 0) is 36.1 Å². The van der Waals surface area contributed by atoms with Crippen LogP contribution in [-0.4, -0.2) is 4.98 Å². The van der Waals surface area contributed by atoms with Crippen molar-refractivity contribution in [3.05, 3.63) is 54.2 Å². The van der Waals surface area contributed by atoms with Crippen molar-refractivity contribution < 1.29 is 4.74 Å². The third-order valence-corrected chi connectivity index (χ3v) is 2.92. The molecule has 0 fully saturated rings. The average molecular weight is 227 g/mol. The molecular formula is C15H17NO. The third-order valence-electron chi connectivity index (χ3n) is 2.92. The first kappa shape index (κ1) is 11.6. The summed E-state index contributed by atoms with van der Waals surface area (Å²) in [6, 6.07) is 13.9. The van der Waals surface area contributed by atoms with Crippen LogP contribution in [0.1, 0.15) is 31.7 Å². The van der Waals surface area contributed by atoms with Gasteiger partial charge in [0.2, 0.25) is 5.88 Å². The Morgan fingerprint density at radius 3 is 2.47 bits per heavy atom. The first-order valence-electron chi connectivity index (χ1n) is 5.98. The summed E-state index contributed by atoms with van der Waals surface area (Å²) >= 11 is 0. The molecular weight excluding hydrogens is 210 g/mol. The molecule has 2 aromatic rings. The van der Waals surface area contributed by atoms with Gasteiger partial charge in [-0.2, -0.15) is 0 Å². The van der Waals surface area contributed by atoms with E-state index in [0.29, 0.717) is 11.8 Å². The maximum Gasteiger partial charge on any atom is 0.219 e. The zero-order valence-electron chi connectivity index (χ0n) is 10.3. The van der Waals surface area contributed by atoms with Crippen molar-refractivity contribution in [1.29, 1.82) is 0 Å². The molecule has 0 bridgehead atoms. The summed E-state index contributed by atoms with van der Waals surface area (Å²) in [5.41, 5.74) is 1.35. The van der Waals surface area contributed by atoms with E-state index in [4.69, 9.17) is 4.74 Å². The molecule has 2 heteroatoms. The van der Waals surface area contributed by atoms with Gasteiger partial charge in [-0.15, -0.1) is 0 Å². The van der Waals surface area contributed by atoms with Crippen molar-refractivity contribution in [2.24, 2.45) is 0 Å². The molecule has 1 atom stereocenters. The second-order valence-corrected chi connectivity index (χ2v) is 4.15. The molecule has 17 heavy (non-hydrogen) atoms. The van der Waals surface area contributed by atoms with Crippen molar-refractivity contribution in [1.82, 2.24) is 4.98 Å². The molecule has 0 saturated carbocycles. The lowest BCUT2D eigenvalue weighted by Crippen LogP contribution is -1.91. The Bertz CT molecular complexity index is 450. The highest BCUT2D eigenvalue weighted by Crippen LogP contribution is 2.23. The van der Waals surface area contributed by atoms with E-state index in [9.17, 15) is 0 Å². The Hall–Kier alpha value is -1.83. The summed E-state index contributed by atoms with van der Waals surface area (Å²) in [6.45, 7) is 4.43. The van der Waals surface area contributed by atoms with E-state index in [2.05, 4.69) is 31.0 Å². The number of ether oxygens (including phenoxy) is 1. The molecule has 0 spiro atoms. The second-order valence-electron chi connectivity index (χ2n) is 4.15. The molecule has 0 aliphatic heterocycles. The Kier molecular flexibility index (Phi) is 3.76. The smallest absolute Gasteiger partial charge is 0.219 e. The van der Waals surface area contributed by atoms with Crippen LogP contribution in [0.3, 0.4) is 0 Å². The fraction of sp³-hybridized carbons (Fsp3) is 0.267. The summed E-state index contributed by atoms with van der Waals surface area (Å²) < 4.78 is 5.64. The Morgan fingerprint density at radius 1 is 1.12 bits per heavy atom. The Labute approximate surface area is 102 Å². The average Bonchev–Trinajstić information content (AvgIpc) is 2.40. The van der Waals surface area contributed by atoms with Gasteiger partial charge >= 0.3 is 0 Å². The molecule has 0 aliphatic carbocycles. The van der Waals surface area contributed by atoms with Crippen molar-refractivity contribution in [2.75, 3.05) is 0 Å². The molecule has 1 aromatic carbocycles. The van der Waals surface area contributed by atoms with Crippen LogP contribution < -0.4 is 4.74 Å². The van der Waals surface area contributed by atoms with E-state index >= 15 is 0 Å². The Balaban J connectivity index is 2.08. The fourth-order valence-electron chi connectivity index (χ4n) is 1.63. The van der Waals surface area contributed by atoms with E-state index in [1.165, 1.54) is 5.56 Å². The van der Waals surface area contributed by atoms with Crippen molar-refractivity contribution in [2.45, 2.75) is 26.2 Å². The number of benzene rings is 1. The Morgan fingerprint density at radius 2 is 1.88 bits per heavy atom. The van der Waals surface area contributed by atoms with Gasteiger partial charge < -0.3 is 4.74 Å². The largest absolute Gasteiger partial charge is 0.439 e. The first-order valence-corrected chi connectivity index (χ1v) is 5.98. The molecule has 0 aliphatic rings. The van der Waals surface area contributed by atoms with Gasteiger partial charge in [0.15, 0.2) is 0 Å². The van der Waals surface area contributed by atoms with Crippen molar-refractivity contribution >= 4 is 0 Å². The molecule has 88 valence electrons. The van der Waals surface area contributed by atoms with Crippen molar-refractivity contribution in [3.63, 3.8) is 0 Å². The van der Waals surface area contributed by atoms with Gasteiger partial charge in [-0.1, -0.05) is 32.0 Å². The molecule has 1 unspecified atom stereocenters. The van der Waals surface area contributed by atoms with Gasteiger partial charge in [0.05, 0.1) is 0 Å². The molecule has 2 rings (SSSR count). The standard InChI is InChI=1S/C15H17NO/c1-3-12(2)13-7-9-14(10-8-13)17-15-6-4-5-11-16-15/h4-12H,3H2,1-2H3. The van der Waals surface area contributed by atoms with E-state index in [1.807, 2.05) is 30.3 Å². The van der Waals surface area contributed by atoms with Crippen LogP contribution in [0.2, 0.25) is 0 Å². The fourth-order valence-corrected chi connectivity index (χ4v) is 1.63. The minimum atomic E-state index is 0.596. The number of nitrogens with zero attached hydrogens (tertiary/aromatic N) is 1. The summed E-state index contributed by atoms with van der Waals surface area (Å²) in [6.07, 6.45) is 2.88. The molecule has 0 N–H and O–H groups in total. The van der Waals surface area contributed by atoms with Crippen LogP contribution >= 0.6 is 0 Å². The number of hydrogen-bond donors (Lipinski definition) is 0. The topological polar surface area (TPSA) is 22.1 Å². The van der Waals surface area contributed by atoms with Crippen LogP contribution in [0, 0.1) is 0 Å². The highest BCUT2D eigenvalue weighted by atomic mass is 16.5. The summed E-state index contributed by atoms with van der Waals surface area (Å²) in [5.74, 6) is 2.05. The van der Waals surface area contributed by atoms with E-state index in [1.54, 1.807) is 6.20 Å². The number of pyridine rings is 1. The third kappa shape index (κ3) is 3.06. The van der Waals surface area contributed by atoms with Crippen LogP contribution in [0.15, 0.2) is 48.7 Å². The minimum Gasteiger partial charge on any atom is -0.439 e. The zero-order chi connectivity index (χ0) is 12.1. The first-order chi connectivity index (χ1) is 8.29. The normalized spacial score (nSPS) is 12.1. The SMILES string of the molecule is CCC(C)c1ccc(Oc2ccccn2)cc1. The molecule has 0 radical (unpaired) electrons. The lowest BCUT2D eigenvalue weighted by molar-refractivity contribution is 0.462. The summed E-state index contributed by atoms with van der Waals surface area (Å²) in [7, 11) is 0. The number of hydrogen-bond acceptors (Lipinski definition) is 2. The van der Waals surface area contributed by atoms with Crippen LogP contribution in [0.25, 0.3) is 0 Å². The van der Waals surface area contributed by atoms with Crippen LogP contribution in [-0.2, 0) is 0 Å². The predicted molar refractivity (Wildman–Crippen MR) is 69.5 cm³/mol. The number of rotatable bonds is 4. The summed E-state index contributed by atoms with van der Waals surface area (Å²) in [5, 5.41) is 0. The van der Waals surface area contributed by atoms with Gasteiger partial charge in [-0.25, -0.2) is 4.98 Å². The molecule has 0 saturated heterocycles. The molecule has 2 nitrogen and oxygen atoms in total. The van der Waals surface area contributed by atoms with Crippen LogP contribution in [0.4, 0.5) is 0 Å². The van der Waals surface area contributed by atoms with E-state index in [0.717, 1.165) is 12.2 Å². The van der Waals surface area contributed by atoms with E-state index in [-0.39, 0.29) is 0 Å². The number of aromatic nitrogens is 1. The molecule has 0 amide bonds. The minimum absolute atomic E-state index is 0.596. The lowest BCUT2D eigenvalue weighted by atomic mass is 9.99. The second kappa shape index (κ2) is 5.48. The maximum atomic E-state index is 5.64. The lowest BCUT2D eigenvalue weighted by Gasteiger charge is -2.10. The highest BCUT2D eigenvalue weighted by Gasteiger charge is 2.03. The molecule has 1 heterocycles. The molecule has 1 aromatic heterocycles. The van der Waals surface area contributed by atoms with Gasteiger partial charge in [0, 0.05) is 12.3 Å². The predicted octanol–water partition coefficient (Wildman–Crippen LogP) is 4.39. The maximum absolute atomic E-state index is 5.64. The van der Waals surface area contributed by atoms with Gasteiger partial charge in [0.1, 0.15) is 5.75 Å². The van der Waals surface area contributed by atoms with Crippen molar-refractivity contribution in [3.8, 4) is 11.6 Å². The van der Waals surface area contributed by atoms with Crippen LogP contribution in [0.5, 0.6) is 11.6 Å². The monoisotopic (exact) mass is 227 g/mol. The van der Waals surface area contributed by atoms with Gasteiger partial charge in [0.25, 0.3) is 0 Å². The zero-order valence-corrected chi connectivity index (χ0v) is 10.3.